The van der Waals surface area contributed by atoms with Gasteiger partial charge in [0.15, 0.2) is 0 Å². The Hall–Kier alpha value is -2.77. The average Bonchev–Trinajstić information content (AvgIpc) is 2.64. The second-order valence-electron chi connectivity index (χ2n) is 7.75. The highest BCUT2D eigenvalue weighted by atomic mass is 16.6. The largest absolute Gasteiger partial charge is 0.445 e. The molecule has 8 nitrogen and oxygen atoms in total. The number of carbonyl (C=O) groups is 3. The van der Waals surface area contributed by atoms with E-state index in [-0.39, 0.29) is 31.2 Å². The van der Waals surface area contributed by atoms with Crippen LogP contribution in [-0.4, -0.2) is 54.3 Å². The first-order chi connectivity index (χ1) is 13.2. The van der Waals surface area contributed by atoms with Gasteiger partial charge in [-0.15, -0.1) is 0 Å². The lowest BCUT2D eigenvalue weighted by Crippen LogP contribution is -2.52. The molecule has 1 aliphatic rings. The van der Waals surface area contributed by atoms with E-state index in [4.69, 9.17) is 9.47 Å². The van der Waals surface area contributed by atoms with E-state index in [9.17, 15) is 14.4 Å². The van der Waals surface area contributed by atoms with E-state index in [1.165, 1.54) is 0 Å². The van der Waals surface area contributed by atoms with Crippen LogP contribution < -0.4 is 10.6 Å². The molecule has 1 aromatic carbocycles. The van der Waals surface area contributed by atoms with Crippen LogP contribution in [0.2, 0.25) is 0 Å². The quantitative estimate of drug-likeness (QED) is 0.803. The van der Waals surface area contributed by atoms with Crippen LogP contribution in [0.25, 0.3) is 0 Å². The standard InChI is InChI=1S/C20H29N3O5/c1-20(2,3)28-19(26)23-11-7-10-16(13-23)22-17(24)12-21-18(25)27-14-15-8-5-4-6-9-15/h4-6,8-9,16H,7,10-14H2,1-3H3,(H,21,25)(H,22,24). The zero-order valence-electron chi connectivity index (χ0n) is 16.7. The second-order valence-corrected chi connectivity index (χ2v) is 7.75. The molecule has 3 amide bonds. The number of ether oxygens (including phenoxy) is 2. The molecule has 0 aromatic heterocycles. The summed E-state index contributed by atoms with van der Waals surface area (Å²) in [5.74, 6) is -0.326. The summed E-state index contributed by atoms with van der Waals surface area (Å²) in [6.45, 7) is 6.40. The van der Waals surface area contributed by atoms with E-state index in [0.29, 0.717) is 13.1 Å². The normalized spacial score (nSPS) is 16.8. The predicted molar refractivity (Wildman–Crippen MR) is 104 cm³/mol. The molecular formula is C20H29N3O5. The molecule has 154 valence electrons. The summed E-state index contributed by atoms with van der Waals surface area (Å²) in [7, 11) is 0. The summed E-state index contributed by atoms with van der Waals surface area (Å²) in [6.07, 6.45) is 0.507. The maximum Gasteiger partial charge on any atom is 0.410 e. The van der Waals surface area contributed by atoms with Gasteiger partial charge in [-0.3, -0.25) is 4.79 Å². The molecule has 1 aliphatic heterocycles. The molecule has 0 spiro atoms. The molecule has 1 unspecified atom stereocenters. The van der Waals surface area contributed by atoms with E-state index in [1.54, 1.807) is 4.90 Å². The van der Waals surface area contributed by atoms with Crippen LogP contribution in [0.4, 0.5) is 9.59 Å². The van der Waals surface area contributed by atoms with Gasteiger partial charge in [0.1, 0.15) is 18.8 Å². The zero-order valence-corrected chi connectivity index (χ0v) is 16.7. The third-order valence-electron chi connectivity index (χ3n) is 4.04. The fourth-order valence-corrected chi connectivity index (χ4v) is 2.79. The first kappa shape index (κ1) is 21.5. The number of carbonyl (C=O) groups excluding carboxylic acids is 3. The van der Waals surface area contributed by atoms with Gasteiger partial charge in [0, 0.05) is 19.1 Å². The van der Waals surface area contributed by atoms with Crippen LogP contribution in [-0.2, 0) is 20.9 Å². The Morgan fingerprint density at radius 3 is 2.57 bits per heavy atom. The Morgan fingerprint density at radius 2 is 1.89 bits per heavy atom. The molecule has 1 aromatic rings. The van der Waals surface area contributed by atoms with E-state index in [1.807, 2.05) is 51.1 Å². The summed E-state index contributed by atoms with van der Waals surface area (Å²) in [5.41, 5.74) is 0.309. The van der Waals surface area contributed by atoms with Crippen molar-refractivity contribution in [2.75, 3.05) is 19.6 Å². The highest BCUT2D eigenvalue weighted by Crippen LogP contribution is 2.15. The summed E-state index contributed by atoms with van der Waals surface area (Å²) < 4.78 is 10.4. The van der Waals surface area contributed by atoms with Crippen molar-refractivity contribution in [2.24, 2.45) is 0 Å². The number of nitrogens with zero attached hydrogens (tertiary/aromatic N) is 1. The van der Waals surface area contributed by atoms with Gasteiger partial charge in [-0.25, -0.2) is 9.59 Å². The molecular weight excluding hydrogens is 362 g/mol. The molecule has 0 aliphatic carbocycles. The number of benzene rings is 1. The topological polar surface area (TPSA) is 97.0 Å². The summed E-state index contributed by atoms with van der Waals surface area (Å²) >= 11 is 0. The molecule has 8 heteroatoms. The van der Waals surface area contributed by atoms with Crippen molar-refractivity contribution < 1.29 is 23.9 Å². The highest BCUT2D eigenvalue weighted by molar-refractivity contribution is 5.82. The van der Waals surface area contributed by atoms with Gasteiger partial charge in [0.2, 0.25) is 5.91 Å². The third-order valence-corrected chi connectivity index (χ3v) is 4.04. The lowest BCUT2D eigenvalue weighted by molar-refractivity contribution is -0.121. The van der Waals surface area contributed by atoms with Crippen LogP contribution >= 0.6 is 0 Å². The minimum absolute atomic E-state index is 0.141. The molecule has 0 bridgehead atoms. The van der Waals surface area contributed by atoms with Crippen LogP contribution in [0.15, 0.2) is 30.3 Å². The molecule has 2 rings (SSSR count). The third kappa shape index (κ3) is 7.85. The van der Waals surface area contributed by atoms with Crippen LogP contribution in [0.1, 0.15) is 39.2 Å². The Morgan fingerprint density at radius 1 is 1.18 bits per heavy atom. The smallest absolute Gasteiger partial charge is 0.410 e. The summed E-state index contributed by atoms with van der Waals surface area (Å²) in [4.78, 5) is 37.5. The van der Waals surface area contributed by atoms with Crippen LogP contribution in [0.3, 0.4) is 0 Å². The van der Waals surface area contributed by atoms with Crippen LogP contribution in [0, 0.1) is 0 Å². The van der Waals surface area contributed by atoms with Gasteiger partial charge in [0.05, 0.1) is 0 Å². The van der Waals surface area contributed by atoms with Gasteiger partial charge in [-0.1, -0.05) is 30.3 Å². The number of hydrogen-bond donors (Lipinski definition) is 2. The number of rotatable bonds is 5. The molecule has 1 atom stereocenters. The maximum absolute atomic E-state index is 12.2. The van der Waals surface area contributed by atoms with Crippen molar-refractivity contribution in [3.63, 3.8) is 0 Å². The van der Waals surface area contributed by atoms with Crippen molar-refractivity contribution in [1.29, 1.82) is 0 Å². The van der Waals surface area contributed by atoms with Crippen molar-refractivity contribution in [3.05, 3.63) is 35.9 Å². The first-order valence-corrected chi connectivity index (χ1v) is 9.45. The fourth-order valence-electron chi connectivity index (χ4n) is 2.79. The minimum atomic E-state index is -0.655. The Labute approximate surface area is 165 Å². The Balaban J connectivity index is 1.69. The minimum Gasteiger partial charge on any atom is -0.445 e. The number of amides is 3. The molecule has 28 heavy (non-hydrogen) atoms. The Bertz CT molecular complexity index is 672. The second kappa shape index (κ2) is 9.96. The Kier molecular flexibility index (Phi) is 7.66. The number of alkyl carbamates (subject to hydrolysis) is 1. The van der Waals surface area contributed by atoms with Crippen molar-refractivity contribution in [3.8, 4) is 0 Å². The summed E-state index contributed by atoms with van der Waals surface area (Å²) in [5, 5.41) is 5.27. The number of likely N-dealkylation sites (tertiary alicyclic amines) is 1. The molecule has 1 heterocycles. The maximum atomic E-state index is 12.2. The highest BCUT2D eigenvalue weighted by Gasteiger charge is 2.28. The van der Waals surface area contributed by atoms with E-state index in [2.05, 4.69) is 10.6 Å². The fraction of sp³-hybridized carbons (Fsp3) is 0.550. The number of hydrogen-bond acceptors (Lipinski definition) is 5. The van der Waals surface area contributed by atoms with Crippen molar-refractivity contribution in [2.45, 2.75) is 51.9 Å². The predicted octanol–water partition coefficient (Wildman–Crippen LogP) is 2.43. The monoisotopic (exact) mass is 391 g/mol. The molecule has 0 saturated carbocycles. The molecule has 0 radical (unpaired) electrons. The number of nitrogens with one attached hydrogen (secondary N) is 2. The van der Waals surface area contributed by atoms with E-state index in [0.717, 1.165) is 18.4 Å². The molecule has 2 N–H and O–H groups in total. The molecule has 1 saturated heterocycles. The van der Waals surface area contributed by atoms with E-state index >= 15 is 0 Å². The van der Waals surface area contributed by atoms with Gasteiger partial charge < -0.3 is 25.0 Å². The lowest BCUT2D eigenvalue weighted by atomic mass is 10.1. The number of piperidine rings is 1. The SMILES string of the molecule is CC(C)(C)OC(=O)N1CCCC(NC(=O)CNC(=O)OCc2ccccc2)C1. The summed E-state index contributed by atoms with van der Waals surface area (Å²) in [6, 6.07) is 9.11. The zero-order chi connectivity index (χ0) is 20.6. The van der Waals surface area contributed by atoms with Gasteiger partial charge in [0.25, 0.3) is 0 Å². The lowest BCUT2D eigenvalue weighted by Gasteiger charge is -2.34. The van der Waals surface area contributed by atoms with Gasteiger partial charge >= 0.3 is 12.2 Å². The average molecular weight is 391 g/mol. The van der Waals surface area contributed by atoms with Crippen molar-refractivity contribution in [1.82, 2.24) is 15.5 Å². The van der Waals surface area contributed by atoms with Crippen molar-refractivity contribution >= 4 is 18.1 Å². The van der Waals surface area contributed by atoms with Crippen LogP contribution in [0.5, 0.6) is 0 Å². The van der Waals surface area contributed by atoms with Gasteiger partial charge in [-0.2, -0.15) is 0 Å². The van der Waals surface area contributed by atoms with E-state index < -0.39 is 11.7 Å². The first-order valence-electron chi connectivity index (χ1n) is 9.45. The van der Waals surface area contributed by atoms with Gasteiger partial charge in [-0.05, 0) is 39.2 Å². The molecule has 1 fully saturated rings.